The molecule has 0 spiro atoms. The van der Waals surface area contributed by atoms with E-state index < -0.39 is 10.0 Å². The highest BCUT2D eigenvalue weighted by atomic mass is 32.2. The highest BCUT2D eigenvalue weighted by Crippen LogP contribution is 2.29. The van der Waals surface area contributed by atoms with E-state index in [9.17, 15) is 13.2 Å². The highest BCUT2D eigenvalue weighted by Gasteiger charge is 2.24. The Labute approximate surface area is 167 Å². The van der Waals surface area contributed by atoms with E-state index in [0.29, 0.717) is 18.0 Å². The Hall–Kier alpha value is -2.54. The van der Waals surface area contributed by atoms with E-state index in [1.165, 1.54) is 0 Å². The Kier molecular flexibility index (Phi) is 7.07. The molecule has 0 aromatic heterocycles. The molecule has 6 nitrogen and oxygen atoms in total. The summed E-state index contributed by atoms with van der Waals surface area (Å²) in [6.45, 7) is 7.76. The van der Waals surface area contributed by atoms with Gasteiger partial charge < -0.3 is 10.1 Å². The summed E-state index contributed by atoms with van der Waals surface area (Å²) in [5.41, 5.74) is 3.53. The molecule has 0 bridgehead atoms. The second-order valence-electron chi connectivity index (χ2n) is 6.82. The molecule has 0 heterocycles. The van der Waals surface area contributed by atoms with Gasteiger partial charge in [-0.2, -0.15) is 0 Å². The van der Waals surface area contributed by atoms with Crippen LogP contribution >= 0.6 is 0 Å². The SMILES string of the molecule is CCOc1ccccc1N(CC(=O)N[C@H](C)c1cc(C)ccc1C)S(C)(=O)=O. The van der Waals surface area contributed by atoms with E-state index in [-0.39, 0.29) is 18.5 Å². The second-order valence-corrected chi connectivity index (χ2v) is 8.73. The van der Waals surface area contributed by atoms with Crippen molar-refractivity contribution in [3.63, 3.8) is 0 Å². The number of ether oxygens (including phenoxy) is 1. The summed E-state index contributed by atoms with van der Waals surface area (Å²) in [5, 5.41) is 2.90. The second kappa shape index (κ2) is 9.10. The molecule has 1 amide bonds. The first kappa shape index (κ1) is 21.8. The van der Waals surface area contributed by atoms with Crippen molar-refractivity contribution < 1.29 is 17.9 Å². The minimum absolute atomic E-state index is 0.240. The number of aryl methyl sites for hydroxylation is 2. The largest absolute Gasteiger partial charge is 0.492 e. The van der Waals surface area contributed by atoms with Crippen LogP contribution in [-0.4, -0.2) is 33.7 Å². The standard InChI is InChI=1S/C21H28N2O4S/c1-6-27-20-10-8-7-9-19(20)23(28(5,25)26)14-21(24)22-17(4)18-13-15(2)11-12-16(18)3/h7-13,17H,6,14H2,1-5H3,(H,22,24)/t17-/m1/s1. The maximum Gasteiger partial charge on any atom is 0.241 e. The monoisotopic (exact) mass is 404 g/mol. The van der Waals surface area contributed by atoms with Crippen molar-refractivity contribution >= 4 is 21.6 Å². The lowest BCUT2D eigenvalue weighted by Crippen LogP contribution is -2.41. The van der Waals surface area contributed by atoms with Gasteiger partial charge in [0.25, 0.3) is 0 Å². The van der Waals surface area contributed by atoms with Crippen LogP contribution in [-0.2, 0) is 14.8 Å². The molecule has 0 aliphatic rings. The van der Waals surface area contributed by atoms with Crippen LogP contribution in [0.25, 0.3) is 0 Å². The van der Waals surface area contributed by atoms with Crippen molar-refractivity contribution in [2.45, 2.75) is 33.7 Å². The Morgan fingerprint density at radius 3 is 2.50 bits per heavy atom. The Bertz CT molecular complexity index is 941. The fraction of sp³-hybridized carbons (Fsp3) is 0.381. The van der Waals surface area contributed by atoms with Crippen LogP contribution in [0.4, 0.5) is 5.69 Å². The van der Waals surface area contributed by atoms with Gasteiger partial charge in [0.05, 0.1) is 24.6 Å². The first-order valence-electron chi connectivity index (χ1n) is 9.19. The van der Waals surface area contributed by atoms with Gasteiger partial charge in [-0.25, -0.2) is 8.42 Å². The summed E-state index contributed by atoms with van der Waals surface area (Å²) in [5.74, 6) is 0.0379. The van der Waals surface area contributed by atoms with Gasteiger partial charge in [-0.15, -0.1) is 0 Å². The summed E-state index contributed by atoms with van der Waals surface area (Å²) in [4.78, 5) is 12.7. The average Bonchev–Trinajstić information content (AvgIpc) is 2.61. The maximum absolute atomic E-state index is 12.7. The number of para-hydroxylation sites is 2. The fourth-order valence-corrected chi connectivity index (χ4v) is 3.90. The van der Waals surface area contributed by atoms with Crippen LogP contribution < -0.4 is 14.4 Å². The third-order valence-corrected chi connectivity index (χ3v) is 5.53. The van der Waals surface area contributed by atoms with E-state index in [2.05, 4.69) is 5.32 Å². The normalized spacial score (nSPS) is 12.3. The lowest BCUT2D eigenvalue weighted by atomic mass is 10.00. The molecule has 0 aliphatic heterocycles. The summed E-state index contributed by atoms with van der Waals surface area (Å²) in [6, 6.07) is 12.6. The first-order chi connectivity index (χ1) is 13.1. The van der Waals surface area contributed by atoms with Crippen molar-refractivity contribution in [1.82, 2.24) is 5.32 Å². The number of sulfonamides is 1. The number of nitrogens with zero attached hydrogens (tertiary/aromatic N) is 1. The molecular weight excluding hydrogens is 376 g/mol. The lowest BCUT2D eigenvalue weighted by Gasteiger charge is -2.25. The predicted molar refractivity (Wildman–Crippen MR) is 112 cm³/mol. The number of anilines is 1. The summed E-state index contributed by atoms with van der Waals surface area (Å²) in [6.07, 6.45) is 1.08. The smallest absolute Gasteiger partial charge is 0.241 e. The van der Waals surface area contributed by atoms with Crippen LogP contribution in [0.15, 0.2) is 42.5 Å². The number of benzene rings is 2. The number of carbonyl (C=O) groups is 1. The van der Waals surface area contributed by atoms with Gasteiger partial charge in [-0.1, -0.05) is 35.9 Å². The van der Waals surface area contributed by atoms with Gasteiger partial charge >= 0.3 is 0 Å². The van der Waals surface area contributed by atoms with E-state index in [1.54, 1.807) is 24.3 Å². The van der Waals surface area contributed by atoms with Crippen molar-refractivity contribution in [2.75, 3.05) is 23.7 Å². The predicted octanol–water partition coefficient (Wildman–Crippen LogP) is 3.35. The molecule has 2 aromatic carbocycles. The fourth-order valence-electron chi connectivity index (χ4n) is 3.04. The van der Waals surface area contributed by atoms with Gasteiger partial charge in [0.2, 0.25) is 15.9 Å². The third-order valence-electron chi connectivity index (χ3n) is 4.40. The van der Waals surface area contributed by atoms with Crippen molar-refractivity contribution in [3.8, 4) is 5.75 Å². The zero-order valence-electron chi connectivity index (χ0n) is 17.0. The van der Waals surface area contributed by atoms with Gasteiger partial charge in [-0.05, 0) is 51.0 Å². The zero-order valence-corrected chi connectivity index (χ0v) is 17.8. The molecule has 0 saturated carbocycles. The van der Waals surface area contributed by atoms with Crippen LogP contribution in [0, 0.1) is 13.8 Å². The van der Waals surface area contributed by atoms with E-state index >= 15 is 0 Å². The molecule has 0 aliphatic carbocycles. The summed E-state index contributed by atoms with van der Waals surface area (Å²) < 4.78 is 31.3. The van der Waals surface area contributed by atoms with Crippen molar-refractivity contribution in [2.24, 2.45) is 0 Å². The van der Waals surface area contributed by atoms with E-state index in [0.717, 1.165) is 27.3 Å². The van der Waals surface area contributed by atoms with Crippen molar-refractivity contribution in [1.29, 1.82) is 0 Å². The molecule has 1 atom stereocenters. The zero-order chi connectivity index (χ0) is 20.9. The molecule has 7 heteroatoms. The summed E-state index contributed by atoms with van der Waals surface area (Å²) in [7, 11) is -3.68. The van der Waals surface area contributed by atoms with Crippen LogP contribution in [0.2, 0.25) is 0 Å². The third kappa shape index (κ3) is 5.48. The van der Waals surface area contributed by atoms with Gasteiger partial charge in [0.15, 0.2) is 0 Å². The van der Waals surface area contributed by atoms with Crippen LogP contribution in [0.3, 0.4) is 0 Å². The van der Waals surface area contributed by atoms with E-state index in [1.807, 2.05) is 45.9 Å². The van der Waals surface area contributed by atoms with Gasteiger partial charge in [-0.3, -0.25) is 9.10 Å². The van der Waals surface area contributed by atoms with Crippen molar-refractivity contribution in [3.05, 3.63) is 59.2 Å². The molecule has 28 heavy (non-hydrogen) atoms. The molecule has 0 fully saturated rings. The number of amides is 1. The first-order valence-corrected chi connectivity index (χ1v) is 11.0. The maximum atomic E-state index is 12.7. The Morgan fingerprint density at radius 2 is 1.86 bits per heavy atom. The van der Waals surface area contributed by atoms with Crippen LogP contribution in [0.5, 0.6) is 5.75 Å². The molecule has 2 aromatic rings. The molecule has 2 rings (SSSR count). The quantitative estimate of drug-likeness (QED) is 0.732. The average molecular weight is 405 g/mol. The molecule has 1 N–H and O–H groups in total. The number of rotatable bonds is 8. The Morgan fingerprint density at radius 1 is 1.18 bits per heavy atom. The number of carbonyl (C=O) groups excluding carboxylic acids is 1. The lowest BCUT2D eigenvalue weighted by molar-refractivity contribution is -0.120. The number of hydrogen-bond acceptors (Lipinski definition) is 4. The van der Waals surface area contributed by atoms with E-state index in [4.69, 9.17) is 4.74 Å². The molecule has 0 unspecified atom stereocenters. The number of hydrogen-bond donors (Lipinski definition) is 1. The molecule has 0 radical (unpaired) electrons. The number of nitrogens with one attached hydrogen (secondary N) is 1. The summed E-state index contributed by atoms with van der Waals surface area (Å²) >= 11 is 0. The van der Waals surface area contributed by atoms with Gasteiger partial charge in [0, 0.05) is 0 Å². The van der Waals surface area contributed by atoms with Gasteiger partial charge in [0.1, 0.15) is 12.3 Å². The van der Waals surface area contributed by atoms with Crippen LogP contribution in [0.1, 0.15) is 36.6 Å². The molecule has 0 saturated heterocycles. The molecule has 152 valence electrons. The minimum atomic E-state index is -3.68. The molecular formula is C21H28N2O4S. The Balaban J connectivity index is 2.24. The highest BCUT2D eigenvalue weighted by molar-refractivity contribution is 7.92. The minimum Gasteiger partial charge on any atom is -0.492 e. The topological polar surface area (TPSA) is 75.7 Å².